The summed E-state index contributed by atoms with van der Waals surface area (Å²) in [7, 11) is 3.32. The van der Waals surface area contributed by atoms with Gasteiger partial charge in [0.2, 0.25) is 0 Å². The Hall–Kier alpha value is -1.18. The highest BCUT2D eigenvalue weighted by molar-refractivity contribution is 14.0. The Morgan fingerprint density at radius 3 is 2.48 bits per heavy atom. The van der Waals surface area contributed by atoms with Crippen molar-refractivity contribution in [2.45, 2.75) is 26.2 Å². The fourth-order valence-electron chi connectivity index (χ4n) is 2.68. The lowest BCUT2D eigenvalue weighted by atomic mass is 10.1. The van der Waals surface area contributed by atoms with Gasteiger partial charge in [-0.25, -0.2) is 0 Å². The molecule has 1 aliphatic rings. The van der Waals surface area contributed by atoms with Gasteiger partial charge in [0.25, 0.3) is 0 Å². The fourth-order valence-corrected chi connectivity index (χ4v) is 2.68. The van der Waals surface area contributed by atoms with Gasteiger partial charge in [-0.1, -0.05) is 6.07 Å². The Bertz CT molecular complexity index is 503. The molecule has 1 fully saturated rings. The maximum Gasteiger partial charge on any atom is 0.193 e. The van der Waals surface area contributed by atoms with E-state index < -0.39 is 0 Å². The summed E-state index contributed by atoms with van der Waals surface area (Å²) in [5, 5.41) is 3.38. The minimum absolute atomic E-state index is 0. The van der Waals surface area contributed by atoms with Crippen molar-refractivity contribution in [2.24, 2.45) is 4.99 Å². The summed E-state index contributed by atoms with van der Waals surface area (Å²) in [4.78, 5) is 7.09. The third-order valence-electron chi connectivity index (χ3n) is 3.85. The first-order valence-electron chi connectivity index (χ1n) is 8.02. The Morgan fingerprint density at radius 1 is 1.17 bits per heavy atom. The van der Waals surface area contributed by atoms with Crippen LogP contribution in [0.2, 0.25) is 0 Å². The van der Waals surface area contributed by atoms with Gasteiger partial charge in [0.1, 0.15) is 0 Å². The molecule has 0 saturated carbocycles. The molecule has 5 nitrogen and oxygen atoms in total. The normalized spacial score (nSPS) is 14.4. The largest absolute Gasteiger partial charge is 0.493 e. The second-order valence-electron chi connectivity index (χ2n) is 5.37. The molecule has 0 unspecified atom stereocenters. The molecule has 1 saturated heterocycles. The monoisotopic (exact) mass is 433 g/mol. The Labute approximate surface area is 156 Å². The molecule has 0 aromatic heterocycles. The van der Waals surface area contributed by atoms with Crippen LogP contribution in [0.15, 0.2) is 23.2 Å². The van der Waals surface area contributed by atoms with E-state index in [9.17, 15) is 0 Å². The van der Waals surface area contributed by atoms with E-state index in [-0.39, 0.29) is 24.0 Å². The summed E-state index contributed by atoms with van der Waals surface area (Å²) in [6, 6.07) is 6.04. The van der Waals surface area contributed by atoms with E-state index in [1.54, 1.807) is 14.2 Å². The zero-order chi connectivity index (χ0) is 15.8. The average molecular weight is 433 g/mol. The number of ether oxygens (including phenoxy) is 2. The lowest BCUT2D eigenvalue weighted by Crippen LogP contribution is -2.39. The minimum atomic E-state index is 0. The van der Waals surface area contributed by atoms with Crippen molar-refractivity contribution in [1.29, 1.82) is 0 Å². The molecule has 2 rings (SSSR count). The van der Waals surface area contributed by atoms with Gasteiger partial charge in [-0.2, -0.15) is 0 Å². The SMILES string of the molecule is CCNC(=NCCc1ccc(OC)c(OC)c1)N1CCCC1.I. The van der Waals surface area contributed by atoms with E-state index in [1.165, 1.54) is 18.4 Å². The summed E-state index contributed by atoms with van der Waals surface area (Å²) in [6.45, 7) is 6.02. The quantitative estimate of drug-likeness (QED) is 0.426. The molecule has 23 heavy (non-hydrogen) atoms. The number of benzene rings is 1. The number of likely N-dealkylation sites (tertiary alicyclic amines) is 1. The number of rotatable bonds is 6. The molecule has 1 heterocycles. The molecule has 0 spiro atoms. The highest BCUT2D eigenvalue weighted by Crippen LogP contribution is 2.27. The van der Waals surface area contributed by atoms with Crippen LogP contribution in [0.3, 0.4) is 0 Å². The molecule has 0 bridgehead atoms. The molecule has 1 aromatic rings. The van der Waals surface area contributed by atoms with Crippen molar-refractivity contribution < 1.29 is 9.47 Å². The van der Waals surface area contributed by atoms with Gasteiger partial charge in [-0.3, -0.25) is 4.99 Å². The molecule has 1 aliphatic heterocycles. The topological polar surface area (TPSA) is 46.1 Å². The fraction of sp³-hybridized carbons (Fsp3) is 0.588. The zero-order valence-corrected chi connectivity index (χ0v) is 16.6. The number of aliphatic imine (C=N–C) groups is 1. The van der Waals surface area contributed by atoms with Crippen molar-refractivity contribution in [1.82, 2.24) is 10.2 Å². The maximum absolute atomic E-state index is 5.34. The van der Waals surface area contributed by atoms with Crippen LogP contribution in [0, 0.1) is 0 Å². The second kappa shape index (κ2) is 10.6. The third-order valence-corrected chi connectivity index (χ3v) is 3.85. The summed E-state index contributed by atoms with van der Waals surface area (Å²) < 4.78 is 10.6. The molecule has 1 N–H and O–H groups in total. The van der Waals surface area contributed by atoms with Crippen LogP contribution < -0.4 is 14.8 Å². The second-order valence-corrected chi connectivity index (χ2v) is 5.37. The van der Waals surface area contributed by atoms with Crippen LogP contribution in [-0.2, 0) is 6.42 Å². The summed E-state index contributed by atoms with van der Waals surface area (Å²) in [5.41, 5.74) is 1.21. The van der Waals surface area contributed by atoms with Crippen molar-refractivity contribution in [2.75, 3.05) is 40.4 Å². The highest BCUT2D eigenvalue weighted by Gasteiger charge is 2.15. The first-order valence-corrected chi connectivity index (χ1v) is 8.02. The van der Waals surface area contributed by atoms with Crippen molar-refractivity contribution in [3.8, 4) is 11.5 Å². The molecule has 6 heteroatoms. The highest BCUT2D eigenvalue weighted by atomic mass is 127. The molecule has 0 amide bonds. The molecule has 0 aliphatic carbocycles. The van der Waals surface area contributed by atoms with Gasteiger partial charge in [0, 0.05) is 26.2 Å². The number of hydrogen-bond acceptors (Lipinski definition) is 3. The standard InChI is InChI=1S/C17H27N3O2.HI/c1-4-18-17(20-11-5-6-12-20)19-10-9-14-7-8-15(21-2)16(13-14)22-3;/h7-8,13H,4-6,9-12H2,1-3H3,(H,18,19);1H. The molecular formula is C17H28IN3O2. The number of guanidine groups is 1. The number of nitrogens with one attached hydrogen (secondary N) is 1. The smallest absolute Gasteiger partial charge is 0.193 e. The van der Waals surface area contributed by atoms with Gasteiger partial charge in [0.05, 0.1) is 14.2 Å². The Balaban J connectivity index is 0.00000264. The van der Waals surface area contributed by atoms with Gasteiger partial charge in [0.15, 0.2) is 17.5 Å². The predicted molar refractivity (Wildman–Crippen MR) is 105 cm³/mol. The van der Waals surface area contributed by atoms with Crippen molar-refractivity contribution >= 4 is 29.9 Å². The number of halogens is 1. The first kappa shape index (κ1) is 19.9. The summed E-state index contributed by atoms with van der Waals surface area (Å²) in [6.07, 6.45) is 3.42. The van der Waals surface area contributed by atoms with Crippen LogP contribution >= 0.6 is 24.0 Å². The van der Waals surface area contributed by atoms with Crippen LogP contribution in [0.25, 0.3) is 0 Å². The third kappa shape index (κ3) is 5.75. The van der Waals surface area contributed by atoms with E-state index in [0.717, 1.165) is 50.1 Å². The first-order chi connectivity index (χ1) is 10.8. The Kier molecular flexibility index (Phi) is 9.13. The van der Waals surface area contributed by atoms with Gasteiger partial charge < -0.3 is 19.7 Å². The zero-order valence-electron chi connectivity index (χ0n) is 14.3. The van der Waals surface area contributed by atoms with Crippen LogP contribution in [0.1, 0.15) is 25.3 Å². The predicted octanol–water partition coefficient (Wildman–Crippen LogP) is 2.93. The van der Waals surface area contributed by atoms with E-state index in [0.29, 0.717) is 0 Å². The molecule has 0 atom stereocenters. The van der Waals surface area contributed by atoms with E-state index >= 15 is 0 Å². The number of nitrogens with zero attached hydrogens (tertiary/aromatic N) is 2. The summed E-state index contributed by atoms with van der Waals surface area (Å²) in [5.74, 6) is 2.58. The number of hydrogen-bond donors (Lipinski definition) is 1. The van der Waals surface area contributed by atoms with Crippen LogP contribution in [0.4, 0.5) is 0 Å². The van der Waals surface area contributed by atoms with E-state index in [2.05, 4.69) is 23.2 Å². The van der Waals surface area contributed by atoms with Gasteiger partial charge >= 0.3 is 0 Å². The maximum atomic E-state index is 5.34. The molecule has 0 radical (unpaired) electrons. The minimum Gasteiger partial charge on any atom is -0.493 e. The van der Waals surface area contributed by atoms with Crippen LogP contribution in [-0.4, -0.2) is 51.3 Å². The van der Waals surface area contributed by atoms with Crippen LogP contribution in [0.5, 0.6) is 11.5 Å². The summed E-state index contributed by atoms with van der Waals surface area (Å²) >= 11 is 0. The molecule has 130 valence electrons. The van der Waals surface area contributed by atoms with Crippen molar-refractivity contribution in [3.05, 3.63) is 23.8 Å². The number of methoxy groups -OCH3 is 2. The molecule has 1 aromatic carbocycles. The van der Waals surface area contributed by atoms with Gasteiger partial charge in [-0.15, -0.1) is 24.0 Å². The lowest BCUT2D eigenvalue weighted by molar-refractivity contribution is 0.354. The average Bonchev–Trinajstić information content (AvgIpc) is 3.08. The van der Waals surface area contributed by atoms with E-state index in [4.69, 9.17) is 14.5 Å². The van der Waals surface area contributed by atoms with Crippen molar-refractivity contribution in [3.63, 3.8) is 0 Å². The Morgan fingerprint density at radius 2 is 1.87 bits per heavy atom. The van der Waals surface area contributed by atoms with Gasteiger partial charge in [-0.05, 0) is 43.9 Å². The van der Waals surface area contributed by atoms with E-state index in [1.807, 2.05) is 12.1 Å². The molecular weight excluding hydrogens is 405 g/mol. The lowest BCUT2D eigenvalue weighted by Gasteiger charge is -2.20.